The molecular weight excluding hydrogens is 361 g/mol. The summed E-state index contributed by atoms with van der Waals surface area (Å²) in [7, 11) is 0. The first-order valence-electron chi connectivity index (χ1n) is 9.42. The quantitative estimate of drug-likeness (QED) is 0.460. The summed E-state index contributed by atoms with van der Waals surface area (Å²) in [5, 5.41) is 8.72. The van der Waals surface area contributed by atoms with E-state index in [1.165, 1.54) is 23.3 Å². The number of hydrogen-bond acceptors (Lipinski definition) is 2. The lowest BCUT2D eigenvalue weighted by Gasteiger charge is -2.04. The Morgan fingerprint density at radius 1 is 0.793 bits per heavy atom. The molecular formula is C25H20FN3. The Morgan fingerprint density at radius 2 is 1.41 bits per heavy atom. The lowest BCUT2D eigenvalue weighted by molar-refractivity contribution is 0.620. The maximum absolute atomic E-state index is 13.2. The van der Waals surface area contributed by atoms with Gasteiger partial charge in [0.05, 0.1) is 6.54 Å². The Morgan fingerprint density at radius 3 is 2.07 bits per heavy atom. The molecule has 0 saturated heterocycles. The first-order chi connectivity index (χ1) is 14.1. The van der Waals surface area contributed by atoms with Crippen LogP contribution in [0.5, 0.6) is 0 Å². The zero-order valence-electron chi connectivity index (χ0n) is 16.4. The van der Waals surface area contributed by atoms with Crippen LogP contribution in [0.25, 0.3) is 11.3 Å². The fraction of sp³-hybridized carbons (Fsp3) is 0.120. The van der Waals surface area contributed by atoms with Crippen LogP contribution < -0.4 is 0 Å². The Bertz CT molecular complexity index is 1180. The molecule has 0 aliphatic rings. The molecule has 4 rings (SSSR count). The van der Waals surface area contributed by atoms with Gasteiger partial charge in [0.1, 0.15) is 17.2 Å². The normalized spacial score (nSPS) is 10.4. The summed E-state index contributed by atoms with van der Waals surface area (Å²) in [4.78, 5) is 0. The van der Waals surface area contributed by atoms with E-state index in [0.29, 0.717) is 6.54 Å². The minimum absolute atomic E-state index is 0.257. The summed E-state index contributed by atoms with van der Waals surface area (Å²) in [5.41, 5.74) is 6.68. The molecule has 0 amide bonds. The zero-order valence-corrected chi connectivity index (χ0v) is 16.4. The standard InChI is InChI=1S/C25H20FN3/c1-18-3-7-20(8-4-18)11-16-24-25(22-12-5-19(2)6-13-22)27-28-29(24)17-21-9-14-23(26)15-10-21/h3-10,12-15H,17H2,1-2H3. The number of benzene rings is 3. The van der Waals surface area contributed by atoms with Crippen molar-refractivity contribution in [2.75, 3.05) is 0 Å². The third-order valence-electron chi connectivity index (χ3n) is 4.68. The van der Waals surface area contributed by atoms with Gasteiger partial charge < -0.3 is 0 Å². The van der Waals surface area contributed by atoms with Gasteiger partial charge in [-0.15, -0.1) is 5.10 Å². The highest BCUT2D eigenvalue weighted by atomic mass is 19.1. The molecule has 0 aliphatic carbocycles. The van der Waals surface area contributed by atoms with Crippen molar-refractivity contribution in [1.82, 2.24) is 15.0 Å². The first kappa shape index (κ1) is 18.6. The van der Waals surface area contributed by atoms with Crippen molar-refractivity contribution in [2.24, 2.45) is 0 Å². The van der Waals surface area contributed by atoms with Gasteiger partial charge in [0.15, 0.2) is 0 Å². The molecule has 0 radical (unpaired) electrons. The summed E-state index contributed by atoms with van der Waals surface area (Å²) in [6, 6.07) is 22.6. The minimum atomic E-state index is -0.257. The van der Waals surface area contributed by atoms with Crippen molar-refractivity contribution in [2.45, 2.75) is 20.4 Å². The van der Waals surface area contributed by atoms with E-state index in [0.717, 1.165) is 28.1 Å². The second-order valence-electron chi connectivity index (χ2n) is 7.05. The van der Waals surface area contributed by atoms with Crippen LogP contribution in [-0.2, 0) is 6.54 Å². The molecule has 0 spiro atoms. The van der Waals surface area contributed by atoms with Crippen LogP contribution in [0.1, 0.15) is 27.9 Å². The highest BCUT2D eigenvalue weighted by molar-refractivity contribution is 5.66. The molecule has 0 fully saturated rings. The lowest BCUT2D eigenvalue weighted by Crippen LogP contribution is -2.05. The van der Waals surface area contributed by atoms with Gasteiger partial charge in [0.2, 0.25) is 0 Å². The van der Waals surface area contributed by atoms with E-state index < -0.39 is 0 Å². The molecule has 0 atom stereocenters. The molecule has 4 aromatic rings. The van der Waals surface area contributed by atoms with Crippen molar-refractivity contribution in [3.63, 3.8) is 0 Å². The van der Waals surface area contributed by atoms with Crippen LogP contribution in [0.15, 0.2) is 72.8 Å². The molecule has 0 bridgehead atoms. The van der Waals surface area contributed by atoms with Crippen molar-refractivity contribution < 1.29 is 4.39 Å². The number of rotatable bonds is 3. The zero-order chi connectivity index (χ0) is 20.2. The van der Waals surface area contributed by atoms with Gasteiger partial charge in [-0.2, -0.15) is 0 Å². The predicted molar refractivity (Wildman–Crippen MR) is 113 cm³/mol. The maximum atomic E-state index is 13.2. The van der Waals surface area contributed by atoms with Crippen LogP contribution >= 0.6 is 0 Å². The molecule has 1 aromatic heterocycles. The summed E-state index contributed by atoms with van der Waals surface area (Å²) in [6.45, 7) is 4.57. The van der Waals surface area contributed by atoms with Gasteiger partial charge >= 0.3 is 0 Å². The molecule has 142 valence electrons. The summed E-state index contributed by atoms with van der Waals surface area (Å²) >= 11 is 0. The smallest absolute Gasteiger partial charge is 0.140 e. The van der Waals surface area contributed by atoms with Gasteiger partial charge in [-0.05, 0) is 49.6 Å². The van der Waals surface area contributed by atoms with E-state index in [9.17, 15) is 4.39 Å². The fourth-order valence-corrected chi connectivity index (χ4v) is 2.98. The number of hydrogen-bond donors (Lipinski definition) is 0. The fourth-order valence-electron chi connectivity index (χ4n) is 2.98. The van der Waals surface area contributed by atoms with E-state index in [4.69, 9.17) is 0 Å². The molecule has 0 saturated carbocycles. The molecule has 3 nitrogen and oxygen atoms in total. The van der Waals surface area contributed by atoms with Crippen molar-refractivity contribution in [3.05, 3.63) is 107 Å². The number of halogens is 1. The van der Waals surface area contributed by atoms with Crippen LogP contribution in [0.4, 0.5) is 4.39 Å². The number of aryl methyl sites for hydroxylation is 2. The van der Waals surface area contributed by atoms with Crippen LogP contribution in [-0.4, -0.2) is 15.0 Å². The molecule has 4 heteroatoms. The molecule has 0 unspecified atom stereocenters. The minimum Gasteiger partial charge on any atom is -0.232 e. The largest absolute Gasteiger partial charge is 0.232 e. The van der Waals surface area contributed by atoms with Gasteiger partial charge in [-0.3, -0.25) is 0 Å². The van der Waals surface area contributed by atoms with E-state index in [1.807, 2.05) is 62.4 Å². The van der Waals surface area contributed by atoms with Gasteiger partial charge in [0, 0.05) is 11.1 Å². The Hall–Kier alpha value is -3.71. The van der Waals surface area contributed by atoms with Gasteiger partial charge in [0.25, 0.3) is 0 Å². The van der Waals surface area contributed by atoms with Crippen molar-refractivity contribution >= 4 is 0 Å². The molecule has 0 N–H and O–H groups in total. The van der Waals surface area contributed by atoms with Crippen LogP contribution in [0.2, 0.25) is 0 Å². The topological polar surface area (TPSA) is 30.7 Å². The summed E-state index contributed by atoms with van der Waals surface area (Å²) < 4.78 is 15.0. The predicted octanol–water partition coefficient (Wildman–Crippen LogP) is 5.15. The average molecular weight is 381 g/mol. The number of nitrogens with zero attached hydrogens (tertiary/aromatic N) is 3. The van der Waals surface area contributed by atoms with Crippen molar-refractivity contribution in [3.8, 4) is 23.1 Å². The van der Waals surface area contributed by atoms with Gasteiger partial charge in [-0.25, -0.2) is 9.07 Å². The number of aromatic nitrogens is 3. The Balaban J connectivity index is 1.76. The van der Waals surface area contributed by atoms with Crippen molar-refractivity contribution in [1.29, 1.82) is 0 Å². The molecule has 3 aromatic carbocycles. The third kappa shape index (κ3) is 4.41. The molecule has 0 aliphatic heterocycles. The third-order valence-corrected chi connectivity index (χ3v) is 4.68. The van der Waals surface area contributed by atoms with Crippen LogP contribution in [0, 0.1) is 31.5 Å². The second-order valence-corrected chi connectivity index (χ2v) is 7.05. The van der Waals surface area contributed by atoms with E-state index in [2.05, 4.69) is 22.2 Å². The monoisotopic (exact) mass is 381 g/mol. The molecule has 1 heterocycles. The van der Waals surface area contributed by atoms with Gasteiger partial charge in [-0.1, -0.05) is 70.8 Å². The highest BCUT2D eigenvalue weighted by Crippen LogP contribution is 2.22. The Kier molecular flexibility index (Phi) is 5.22. The van der Waals surface area contributed by atoms with Crippen LogP contribution in [0.3, 0.4) is 0 Å². The van der Waals surface area contributed by atoms with E-state index in [1.54, 1.807) is 16.8 Å². The Labute approximate surface area is 169 Å². The average Bonchev–Trinajstić information content (AvgIpc) is 3.12. The SMILES string of the molecule is Cc1ccc(C#Cc2c(-c3ccc(C)cc3)nnn2Cc2ccc(F)cc2)cc1. The second kappa shape index (κ2) is 8.12. The maximum Gasteiger partial charge on any atom is 0.140 e. The lowest BCUT2D eigenvalue weighted by atomic mass is 10.1. The van der Waals surface area contributed by atoms with E-state index >= 15 is 0 Å². The first-order valence-corrected chi connectivity index (χ1v) is 9.42. The summed E-state index contributed by atoms with van der Waals surface area (Å²) in [6.07, 6.45) is 0. The highest BCUT2D eigenvalue weighted by Gasteiger charge is 2.13. The summed E-state index contributed by atoms with van der Waals surface area (Å²) in [5.74, 6) is 6.22. The molecule has 29 heavy (non-hydrogen) atoms. The van der Waals surface area contributed by atoms with E-state index in [-0.39, 0.29) is 5.82 Å².